The lowest BCUT2D eigenvalue weighted by molar-refractivity contribution is -0.118. The molecule has 1 aromatic carbocycles. The van der Waals surface area contributed by atoms with Crippen molar-refractivity contribution in [2.75, 3.05) is 6.54 Å². The van der Waals surface area contributed by atoms with Crippen molar-refractivity contribution in [3.8, 4) is 0 Å². The summed E-state index contributed by atoms with van der Waals surface area (Å²) in [5, 5.41) is 2.83. The van der Waals surface area contributed by atoms with E-state index < -0.39 is 11.6 Å². The summed E-state index contributed by atoms with van der Waals surface area (Å²) < 4.78 is 27.3. The van der Waals surface area contributed by atoms with Crippen LogP contribution in [-0.2, 0) is 11.3 Å². The Morgan fingerprint density at radius 2 is 1.97 bits per heavy atom. The Hall–Kier alpha value is -2.24. The van der Waals surface area contributed by atoms with Crippen molar-refractivity contribution in [1.82, 2.24) is 10.2 Å². The highest BCUT2D eigenvalue weighted by Crippen LogP contribution is 2.63. The molecule has 1 aliphatic heterocycles. The Morgan fingerprint density at radius 3 is 2.75 bits per heavy atom. The van der Waals surface area contributed by atoms with Gasteiger partial charge in [-0.2, -0.15) is 0 Å². The number of halogens is 2. The van der Waals surface area contributed by atoms with Gasteiger partial charge in [0.1, 0.15) is 11.6 Å². The summed E-state index contributed by atoms with van der Waals surface area (Å²) >= 11 is 0. The predicted octanol–water partition coefficient (Wildman–Crippen LogP) is 5.58. The van der Waals surface area contributed by atoms with E-state index in [0.717, 1.165) is 24.6 Å². The molecular formula is C26H32F2N2O2. The number of amides is 2. The van der Waals surface area contributed by atoms with Gasteiger partial charge in [-0.05, 0) is 61.3 Å². The summed E-state index contributed by atoms with van der Waals surface area (Å²) in [6.45, 7) is 5.24. The summed E-state index contributed by atoms with van der Waals surface area (Å²) in [6.07, 6.45) is 9.08. The summed E-state index contributed by atoms with van der Waals surface area (Å²) in [5.74, 6) is 0.256. The first kappa shape index (κ1) is 21.6. The first-order valence-corrected chi connectivity index (χ1v) is 12.0. The average molecular weight is 443 g/mol. The Kier molecular flexibility index (Phi) is 5.18. The van der Waals surface area contributed by atoms with E-state index in [9.17, 15) is 18.4 Å². The number of carbonyl (C=O) groups is 2. The number of nitrogens with zero attached hydrogens (tertiary/aromatic N) is 1. The van der Waals surface area contributed by atoms with Gasteiger partial charge in [-0.3, -0.25) is 9.69 Å². The fourth-order valence-corrected chi connectivity index (χ4v) is 7.42. The first-order valence-electron chi connectivity index (χ1n) is 12.0. The molecule has 0 unspecified atom stereocenters. The van der Waals surface area contributed by atoms with Crippen LogP contribution in [0.4, 0.5) is 13.6 Å². The van der Waals surface area contributed by atoms with Gasteiger partial charge in [-0.15, -0.1) is 0 Å². The summed E-state index contributed by atoms with van der Waals surface area (Å²) in [4.78, 5) is 27.5. The number of urea groups is 1. The molecule has 0 aromatic heterocycles. The van der Waals surface area contributed by atoms with Crippen molar-refractivity contribution in [3.05, 3.63) is 47.2 Å². The Balaban J connectivity index is 1.43. The van der Waals surface area contributed by atoms with Crippen LogP contribution in [0.25, 0.3) is 0 Å². The summed E-state index contributed by atoms with van der Waals surface area (Å²) in [5.41, 5.74) is 1.22. The van der Waals surface area contributed by atoms with Crippen LogP contribution in [0.3, 0.4) is 0 Å². The van der Waals surface area contributed by atoms with Crippen LogP contribution in [0.5, 0.6) is 0 Å². The molecule has 0 spiro atoms. The number of hydrogen-bond acceptors (Lipinski definition) is 2. The lowest BCUT2D eigenvalue weighted by Gasteiger charge is -2.59. The van der Waals surface area contributed by atoms with E-state index in [0.29, 0.717) is 36.1 Å². The lowest BCUT2D eigenvalue weighted by atomic mass is 9.50. The molecule has 172 valence electrons. The standard InChI is InChI=1S/C26H32F2N2O2/c1-25-9-3-4-20(25)19-15-30(24(32)29-14-16-5-6-17(27)12-22(16)28)23-13-18(31)7-11-26(23,2)21(19)8-10-25/h5-6,12-13,19-21H,3-4,7-11,14-15H2,1-2H3,(H,29,32)/t19-,20-,21-,25-,26+/m0/s1. The Morgan fingerprint density at radius 1 is 1.16 bits per heavy atom. The highest BCUT2D eigenvalue weighted by Gasteiger charge is 2.58. The molecule has 5 rings (SSSR count). The molecule has 0 radical (unpaired) electrons. The lowest BCUT2D eigenvalue weighted by Crippen LogP contribution is -2.59. The minimum atomic E-state index is -0.671. The molecule has 1 heterocycles. The van der Waals surface area contributed by atoms with Crippen LogP contribution in [0.15, 0.2) is 30.0 Å². The van der Waals surface area contributed by atoms with Crippen molar-refractivity contribution in [2.45, 2.75) is 65.3 Å². The molecule has 2 saturated carbocycles. The van der Waals surface area contributed by atoms with E-state index in [1.165, 1.54) is 37.8 Å². The number of fused-ring (bicyclic) bond motifs is 5. The molecule has 0 bridgehead atoms. The van der Waals surface area contributed by atoms with Gasteiger partial charge in [-0.25, -0.2) is 13.6 Å². The molecule has 1 aromatic rings. The maximum Gasteiger partial charge on any atom is 0.321 e. The number of benzene rings is 1. The van der Waals surface area contributed by atoms with Crippen LogP contribution in [0.1, 0.15) is 64.4 Å². The predicted molar refractivity (Wildman–Crippen MR) is 117 cm³/mol. The van der Waals surface area contributed by atoms with Crippen LogP contribution < -0.4 is 5.32 Å². The molecule has 1 N–H and O–H groups in total. The Bertz CT molecular complexity index is 992. The second-order valence-electron chi connectivity index (χ2n) is 10.9. The van der Waals surface area contributed by atoms with E-state index >= 15 is 0 Å². The van der Waals surface area contributed by atoms with E-state index in [2.05, 4.69) is 19.2 Å². The summed E-state index contributed by atoms with van der Waals surface area (Å²) in [7, 11) is 0. The van der Waals surface area contributed by atoms with Crippen molar-refractivity contribution in [1.29, 1.82) is 0 Å². The molecule has 3 fully saturated rings. The minimum absolute atomic E-state index is 0.0192. The zero-order valence-corrected chi connectivity index (χ0v) is 18.9. The topological polar surface area (TPSA) is 49.4 Å². The van der Waals surface area contributed by atoms with Gasteiger partial charge >= 0.3 is 6.03 Å². The van der Waals surface area contributed by atoms with E-state index in [1.807, 2.05) is 0 Å². The third-order valence-corrected chi connectivity index (χ3v) is 9.18. The molecule has 2 amide bonds. The van der Waals surface area contributed by atoms with Crippen LogP contribution in [0.2, 0.25) is 0 Å². The van der Waals surface area contributed by atoms with Gasteiger partial charge in [0.15, 0.2) is 5.78 Å². The maximum absolute atomic E-state index is 14.1. The molecule has 6 heteroatoms. The smallest absolute Gasteiger partial charge is 0.321 e. The van der Waals surface area contributed by atoms with Gasteiger partial charge in [-0.1, -0.05) is 26.3 Å². The molecule has 1 saturated heterocycles. The minimum Gasteiger partial charge on any atom is -0.334 e. The van der Waals surface area contributed by atoms with Gasteiger partial charge in [0, 0.05) is 48.3 Å². The number of nitrogens with one attached hydrogen (secondary N) is 1. The molecule has 3 aliphatic carbocycles. The second kappa shape index (κ2) is 7.67. The second-order valence-corrected chi connectivity index (χ2v) is 10.9. The number of allylic oxidation sites excluding steroid dienone is 2. The van der Waals surface area contributed by atoms with Crippen molar-refractivity contribution in [3.63, 3.8) is 0 Å². The normalized spacial score (nSPS) is 36.1. The van der Waals surface area contributed by atoms with Crippen molar-refractivity contribution in [2.24, 2.45) is 28.6 Å². The molecule has 4 nitrogen and oxygen atoms in total. The van der Waals surface area contributed by atoms with Gasteiger partial charge < -0.3 is 5.32 Å². The number of rotatable bonds is 2. The Labute approximate surface area is 188 Å². The zero-order valence-electron chi connectivity index (χ0n) is 18.9. The number of carbonyl (C=O) groups excluding carboxylic acids is 2. The zero-order chi connectivity index (χ0) is 22.7. The summed E-state index contributed by atoms with van der Waals surface area (Å²) in [6, 6.07) is 3.08. The molecule has 32 heavy (non-hydrogen) atoms. The van der Waals surface area contributed by atoms with Crippen LogP contribution >= 0.6 is 0 Å². The molecule has 4 aliphatic rings. The van der Waals surface area contributed by atoms with Gasteiger partial charge in [0.25, 0.3) is 0 Å². The SMILES string of the molecule is C[C@@]12CCC[C@H]1[C@@H]1CN(C(=O)NCc3ccc(F)cc3F)C3=CC(=O)CC[C@]3(C)[C@H]1CC2. The number of piperidine rings is 1. The fourth-order valence-electron chi connectivity index (χ4n) is 7.42. The first-order chi connectivity index (χ1) is 15.2. The largest absolute Gasteiger partial charge is 0.334 e. The van der Waals surface area contributed by atoms with Gasteiger partial charge in [0.2, 0.25) is 0 Å². The van der Waals surface area contributed by atoms with Crippen LogP contribution in [-0.4, -0.2) is 23.3 Å². The third kappa shape index (κ3) is 3.37. The average Bonchev–Trinajstić information content (AvgIpc) is 3.15. The van der Waals surface area contributed by atoms with E-state index in [1.54, 1.807) is 11.0 Å². The fraction of sp³-hybridized carbons (Fsp3) is 0.615. The molecular weight excluding hydrogens is 410 g/mol. The third-order valence-electron chi connectivity index (χ3n) is 9.18. The maximum atomic E-state index is 14.1. The quantitative estimate of drug-likeness (QED) is 0.650. The number of likely N-dealkylation sites (tertiary alicyclic amines) is 1. The van der Waals surface area contributed by atoms with Crippen LogP contribution in [0, 0.1) is 40.2 Å². The van der Waals surface area contributed by atoms with E-state index in [4.69, 9.17) is 0 Å². The van der Waals surface area contributed by atoms with Crippen molar-refractivity contribution < 1.29 is 18.4 Å². The number of ketones is 1. The highest BCUT2D eigenvalue weighted by atomic mass is 19.1. The molecule has 5 atom stereocenters. The highest BCUT2D eigenvalue weighted by molar-refractivity contribution is 5.92. The van der Waals surface area contributed by atoms with E-state index in [-0.39, 0.29) is 29.3 Å². The monoisotopic (exact) mass is 442 g/mol. The van der Waals surface area contributed by atoms with Crippen molar-refractivity contribution >= 4 is 11.8 Å². The number of hydrogen-bond donors (Lipinski definition) is 1. The van der Waals surface area contributed by atoms with Gasteiger partial charge in [0.05, 0.1) is 0 Å².